The molecule has 0 aromatic heterocycles. The highest BCUT2D eigenvalue weighted by molar-refractivity contribution is 5.90. The molecule has 3 atom stereocenters. The van der Waals surface area contributed by atoms with Gasteiger partial charge < -0.3 is 25.6 Å². The third kappa shape index (κ3) is 6.66. The molecule has 35 heavy (non-hydrogen) atoms. The van der Waals surface area contributed by atoms with Crippen LogP contribution < -0.4 is 20.7 Å². The molecule has 188 valence electrons. The van der Waals surface area contributed by atoms with E-state index in [9.17, 15) is 9.59 Å². The van der Waals surface area contributed by atoms with E-state index in [1.54, 1.807) is 4.90 Å². The van der Waals surface area contributed by atoms with Crippen LogP contribution in [0.3, 0.4) is 0 Å². The molecule has 1 unspecified atom stereocenters. The fourth-order valence-corrected chi connectivity index (χ4v) is 5.06. The van der Waals surface area contributed by atoms with Crippen molar-refractivity contribution in [1.82, 2.24) is 20.4 Å². The van der Waals surface area contributed by atoms with Crippen LogP contribution in [0.2, 0.25) is 0 Å². The Kier molecular flexibility index (Phi) is 8.13. The normalized spacial score (nSPS) is 22.5. The summed E-state index contributed by atoms with van der Waals surface area (Å²) >= 11 is 0. The van der Waals surface area contributed by atoms with Gasteiger partial charge in [0.25, 0.3) is 0 Å². The van der Waals surface area contributed by atoms with Gasteiger partial charge >= 0.3 is 12.1 Å². The highest BCUT2D eigenvalue weighted by atomic mass is 16.5. The molecule has 0 radical (unpaired) electrons. The fraction of sp³-hybridized carbons (Fsp3) is 0.481. The van der Waals surface area contributed by atoms with Crippen molar-refractivity contribution in [3.05, 3.63) is 59.7 Å². The molecule has 0 bridgehead atoms. The van der Waals surface area contributed by atoms with Crippen molar-refractivity contribution >= 4 is 17.7 Å². The van der Waals surface area contributed by atoms with Crippen molar-refractivity contribution in [3.63, 3.8) is 0 Å². The van der Waals surface area contributed by atoms with Gasteiger partial charge in [-0.25, -0.2) is 9.59 Å². The molecule has 0 saturated carbocycles. The molecule has 2 fully saturated rings. The van der Waals surface area contributed by atoms with Crippen LogP contribution in [0.4, 0.5) is 15.3 Å². The van der Waals surface area contributed by atoms with Gasteiger partial charge in [-0.15, -0.1) is 0 Å². The highest BCUT2D eigenvalue weighted by Gasteiger charge is 2.31. The average Bonchev–Trinajstić information content (AvgIpc) is 3.23. The maximum Gasteiger partial charge on any atom is 0.319 e. The number of piperidine rings is 1. The second-order valence-corrected chi connectivity index (χ2v) is 9.67. The number of amides is 4. The number of rotatable bonds is 8. The molecule has 2 heterocycles. The van der Waals surface area contributed by atoms with Gasteiger partial charge in [0.05, 0.1) is 6.54 Å². The molecule has 3 N–H and O–H groups in total. The zero-order chi connectivity index (χ0) is 24.8. The first-order valence-electron chi connectivity index (χ1n) is 12.5. The zero-order valence-corrected chi connectivity index (χ0v) is 20.9. The number of aryl methyl sites for hydroxylation is 1. The van der Waals surface area contributed by atoms with Crippen molar-refractivity contribution in [2.24, 2.45) is 0 Å². The largest absolute Gasteiger partial charge is 0.492 e. The van der Waals surface area contributed by atoms with Crippen LogP contribution in [0.25, 0.3) is 0 Å². The zero-order valence-electron chi connectivity index (χ0n) is 20.9. The number of nitrogens with zero attached hydrogens (tertiary/aromatic N) is 2. The summed E-state index contributed by atoms with van der Waals surface area (Å²) in [6.45, 7) is 9.74. The molecule has 0 aliphatic carbocycles. The maximum absolute atomic E-state index is 12.7. The number of urea groups is 2. The summed E-state index contributed by atoms with van der Waals surface area (Å²) in [6.07, 6.45) is 1.84. The Labute approximate surface area is 208 Å². The molecular weight excluding hydrogens is 442 g/mol. The lowest BCUT2D eigenvalue weighted by atomic mass is 9.92. The average molecular weight is 480 g/mol. The lowest BCUT2D eigenvalue weighted by Crippen LogP contribution is -2.53. The molecule has 4 amide bonds. The maximum atomic E-state index is 12.7. The number of hydrogen-bond acceptors (Lipinski definition) is 4. The van der Waals surface area contributed by atoms with Gasteiger partial charge in [0.15, 0.2) is 0 Å². The molecular formula is C27H37N5O3. The standard InChI is InChI=1S/C27H37N5O3/c1-19-15-24(35-14-13-31-12-11-28-27(31)34)9-10-25(19)30-26(33)29-23-16-20(2)32(21(3)17-23)18-22-7-5-4-6-8-22/h4-10,15,20-21,23H,11-14,16-18H2,1-3H3,(H,28,34)(H2,29,30,33)/t20-,21+,23?. The number of likely N-dealkylation sites (tertiary alicyclic amines) is 1. The summed E-state index contributed by atoms with van der Waals surface area (Å²) in [5, 5.41) is 8.95. The minimum absolute atomic E-state index is 0.0407. The van der Waals surface area contributed by atoms with Crippen molar-refractivity contribution in [1.29, 1.82) is 0 Å². The van der Waals surface area contributed by atoms with E-state index in [0.717, 1.165) is 36.4 Å². The molecule has 2 aromatic rings. The van der Waals surface area contributed by atoms with E-state index >= 15 is 0 Å². The van der Waals surface area contributed by atoms with Gasteiger partial charge in [-0.05, 0) is 62.9 Å². The Morgan fingerprint density at radius 2 is 1.86 bits per heavy atom. The Balaban J connectivity index is 1.24. The van der Waals surface area contributed by atoms with Gasteiger partial charge in [-0.3, -0.25) is 4.90 Å². The number of nitrogens with one attached hydrogen (secondary N) is 3. The van der Waals surface area contributed by atoms with E-state index in [1.165, 1.54) is 5.56 Å². The lowest BCUT2D eigenvalue weighted by Gasteiger charge is -2.43. The molecule has 8 heteroatoms. The van der Waals surface area contributed by atoms with Crippen LogP contribution >= 0.6 is 0 Å². The van der Waals surface area contributed by atoms with Crippen molar-refractivity contribution in [2.45, 2.75) is 58.3 Å². The summed E-state index contributed by atoms with van der Waals surface area (Å²) in [5.41, 5.74) is 3.01. The van der Waals surface area contributed by atoms with Crippen LogP contribution in [0.1, 0.15) is 37.8 Å². The number of ether oxygens (including phenoxy) is 1. The van der Waals surface area contributed by atoms with Gasteiger partial charge in [-0.2, -0.15) is 0 Å². The van der Waals surface area contributed by atoms with Crippen molar-refractivity contribution in [3.8, 4) is 5.75 Å². The van der Waals surface area contributed by atoms with Gasteiger partial charge in [0, 0.05) is 43.4 Å². The predicted octanol–water partition coefficient (Wildman–Crippen LogP) is 3.96. The van der Waals surface area contributed by atoms with E-state index < -0.39 is 0 Å². The van der Waals surface area contributed by atoms with E-state index in [1.807, 2.05) is 31.2 Å². The highest BCUT2D eigenvalue weighted by Crippen LogP contribution is 2.26. The predicted molar refractivity (Wildman–Crippen MR) is 138 cm³/mol. The lowest BCUT2D eigenvalue weighted by molar-refractivity contribution is 0.0779. The van der Waals surface area contributed by atoms with Gasteiger partial charge in [0.2, 0.25) is 0 Å². The van der Waals surface area contributed by atoms with Crippen LogP contribution in [0.5, 0.6) is 5.75 Å². The molecule has 2 aliphatic heterocycles. The Bertz CT molecular complexity index is 1000. The number of hydrogen-bond donors (Lipinski definition) is 3. The summed E-state index contributed by atoms with van der Waals surface area (Å²) in [4.78, 5) is 28.6. The van der Waals surface area contributed by atoms with Crippen LogP contribution in [0.15, 0.2) is 48.5 Å². The third-order valence-electron chi connectivity index (χ3n) is 6.95. The Morgan fingerprint density at radius 1 is 1.11 bits per heavy atom. The molecule has 8 nitrogen and oxygen atoms in total. The minimum atomic E-state index is -0.178. The summed E-state index contributed by atoms with van der Waals surface area (Å²) in [5.74, 6) is 0.724. The second-order valence-electron chi connectivity index (χ2n) is 9.67. The van der Waals surface area contributed by atoms with Gasteiger partial charge in [0.1, 0.15) is 12.4 Å². The quantitative estimate of drug-likeness (QED) is 0.535. The molecule has 2 saturated heterocycles. The topological polar surface area (TPSA) is 85.9 Å². The monoisotopic (exact) mass is 479 g/mol. The first kappa shape index (κ1) is 24.9. The number of benzene rings is 2. The van der Waals surface area contributed by atoms with Crippen LogP contribution in [-0.2, 0) is 6.54 Å². The molecule has 4 rings (SSSR count). The number of anilines is 1. The van der Waals surface area contributed by atoms with Crippen LogP contribution in [-0.4, -0.2) is 66.2 Å². The van der Waals surface area contributed by atoms with E-state index in [0.29, 0.717) is 38.3 Å². The summed E-state index contributed by atoms with van der Waals surface area (Å²) in [6, 6.07) is 16.8. The molecule has 2 aliphatic rings. The number of carbonyl (C=O) groups excluding carboxylic acids is 2. The molecule has 0 spiro atoms. The van der Waals surface area contributed by atoms with Crippen molar-refractivity contribution < 1.29 is 14.3 Å². The smallest absolute Gasteiger partial charge is 0.319 e. The summed E-state index contributed by atoms with van der Waals surface area (Å²) < 4.78 is 5.80. The van der Waals surface area contributed by atoms with Crippen LogP contribution in [0, 0.1) is 6.92 Å². The fourth-order valence-electron chi connectivity index (χ4n) is 5.06. The Morgan fingerprint density at radius 3 is 2.51 bits per heavy atom. The number of carbonyl (C=O) groups is 2. The summed E-state index contributed by atoms with van der Waals surface area (Å²) in [7, 11) is 0. The van der Waals surface area contributed by atoms with E-state index in [-0.39, 0.29) is 18.1 Å². The first-order valence-corrected chi connectivity index (χ1v) is 12.5. The van der Waals surface area contributed by atoms with E-state index in [4.69, 9.17) is 4.74 Å². The first-order chi connectivity index (χ1) is 16.9. The SMILES string of the molecule is Cc1cc(OCCN2CCNC2=O)ccc1NC(=O)NC1C[C@@H](C)N(Cc2ccccc2)[C@@H](C)C1. The van der Waals surface area contributed by atoms with Crippen molar-refractivity contribution in [2.75, 3.05) is 31.6 Å². The second kappa shape index (κ2) is 11.4. The Hall–Kier alpha value is -3.26. The molecule has 2 aromatic carbocycles. The van der Waals surface area contributed by atoms with E-state index in [2.05, 4.69) is 59.0 Å². The minimum Gasteiger partial charge on any atom is -0.492 e. The van der Waals surface area contributed by atoms with Gasteiger partial charge in [-0.1, -0.05) is 30.3 Å². The third-order valence-corrected chi connectivity index (χ3v) is 6.95.